The summed E-state index contributed by atoms with van der Waals surface area (Å²) in [5.41, 5.74) is 8.51. The number of aromatic nitrogens is 2. The van der Waals surface area contributed by atoms with Gasteiger partial charge in [0.2, 0.25) is 0 Å². The highest BCUT2D eigenvalue weighted by Crippen LogP contribution is 2.22. The minimum absolute atomic E-state index is 0.396. The Morgan fingerprint density at radius 3 is 2.79 bits per heavy atom. The van der Waals surface area contributed by atoms with Gasteiger partial charge in [-0.05, 0) is 18.6 Å². The molecule has 0 bridgehead atoms. The van der Waals surface area contributed by atoms with Crippen LogP contribution in [0.15, 0.2) is 36.7 Å². The number of nitrogens with zero attached hydrogens (tertiary/aromatic N) is 3. The standard InChI is InChI=1S/C14H16N4S/c1-3-11-8-13(17-9-16-11)18(2)12-6-4-5-10(7-12)14(15)19/h4-9H,3H2,1-2H3,(H2,15,19). The molecule has 0 saturated carbocycles. The van der Waals surface area contributed by atoms with E-state index in [-0.39, 0.29) is 0 Å². The van der Waals surface area contributed by atoms with Gasteiger partial charge < -0.3 is 10.6 Å². The van der Waals surface area contributed by atoms with Gasteiger partial charge in [-0.15, -0.1) is 0 Å². The molecule has 19 heavy (non-hydrogen) atoms. The number of benzene rings is 1. The van der Waals surface area contributed by atoms with Crippen LogP contribution in [-0.2, 0) is 6.42 Å². The first kappa shape index (κ1) is 13.4. The van der Waals surface area contributed by atoms with Crippen molar-refractivity contribution >= 4 is 28.7 Å². The molecule has 0 fully saturated rings. The molecule has 2 aromatic rings. The Morgan fingerprint density at radius 2 is 2.11 bits per heavy atom. The topological polar surface area (TPSA) is 55.0 Å². The molecule has 4 nitrogen and oxygen atoms in total. The van der Waals surface area contributed by atoms with E-state index in [0.717, 1.165) is 29.2 Å². The van der Waals surface area contributed by atoms with E-state index in [1.165, 1.54) is 0 Å². The van der Waals surface area contributed by atoms with Crippen molar-refractivity contribution in [3.8, 4) is 0 Å². The van der Waals surface area contributed by atoms with E-state index in [1.807, 2.05) is 42.3 Å². The second kappa shape index (κ2) is 5.75. The quantitative estimate of drug-likeness (QED) is 0.866. The van der Waals surface area contributed by atoms with E-state index in [9.17, 15) is 0 Å². The average Bonchev–Trinajstić information content (AvgIpc) is 2.46. The van der Waals surface area contributed by atoms with E-state index >= 15 is 0 Å². The Balaban J connectivity index is 2.35. The zero-order valence-electron chi connectivity index (χ0n) is 11.0. The molecular formula is C14H16N4S. The molecule has 0 saturated heterocycles. The monoisotopic (exact) mass is 272 g/mol. The fraction of sp³-hybridized carbons (Fsp3) is 0.214. The second-order valence-corrected chi connectivity index (χ2v) is 4.63. The van der Waals surface area contributed by atoms with Gasteiger partial charge in [0.15, 0.2) is 0 Å². The smallest absolute Gasteiger partial charge is 0.136 e. The minimum atomic E-state index is 0.396. The summed E-state index contributed by atoms with van der Waals surface area (Å²) in [6.45, 7) is 2.07. The summed E-state index contributed by atoms with van der Waals surface area (Å²) < 4.78 is 0. The molecule has 0 aliphatic carbocycles. The van der Waals surface area contributed by atoms with Crippen LogP contribution in [0.3, 0.4) is 0 Å². The fourth-order valence-electron chi connectivity index (χ4n) is 1.76. The molecule has 1 heterocycles. The molecule has 0 atom stereocenters. The highest BCUT2D eigenvalue weighted by molar-refractivity contribution is 7.80. The lowest BCUT2D eigenvalue weighted by molar-refractivity contribution is 0.980. The Hall–Kier alpha value is -2.01. The number of thiocarbonyl (C=S) groups is 1. The third kappa shape index (κ3) is 3.06. The van der Waals surface area contributed by atoms with Gasteiger partial charge >= 0.3 is 0 Å². The zero-order valence-corrected chi connectivity index (χ0v) is 11.8. The first-order valence-corrected chi connectivity index (χ1v) is 6.47. The van der Waals surface area contributed by atoms with E-state index in [4.69, 9.17) is 18.0 Å². The van der Waals surface area contributed by atoms with Crippen LogP contribution in [-0.4, -0.2) is 22.0 Å². The van der Waals surface area contributed by atoms with Gasteiger partial charge in [0.1, 0.15) is 17.1 Å². The van der Waals surface area contributed by atoms with Crippen LogP contribution in [0.2, 0.25) is 0 Å². The molecule has 1 aromatic heterocycles. The van der Waals surface area contributed by atoms with Gasteiger partial charge in [-0.1, -0.05) is 31.3 Å². The van der Waals surface area contributed by atoms with E-state index in [2.05, 4.69) is 16.9 Å². The zero-order chi connectivity index (χ0) is 13.8. The van der Waals surface area contributed by atoms with E-state index in [1.54, 1.807) is 6.33 Å². The number of hydrogen-bond acceptors (Lipinski definition) is 4. The van der Waals surface area contributed by atoms with Gasteiger partial charge in [0, 0.05) is 30.1 Å². The van der Waals surface area contributed by atoms with E-state index < -0.39 is 0 Å². The first-order chi connectivity index (χ1) is 9.11. The molecule has 0 amide bonds. The van der Waals surface area contributed by atoms with Gasteiger partial charge in [0.25, 0.3) is 0 Å². The summed E-state index contributed by atoms with van der Waals surface area (Å²) in [7, 11) is 1.96. The minimum Gasteiger partial charge on any atom is -0.389 e. The van der Waals surface area contributed by atoms with Crippen molar-refractivity contribution < 1.29 is 0 Å². The highest BCUT2D eigenvalue weighted by atomic mass is 32.1. The Kier molecular flexibility index (Phi) is 4.06. The van der Waals surface area contributed by atoms with Crippen LogP contribution in [0.5, 0.6) is 0 Å². The van der Waals surface area contributed by atoms with Crippen LogP contribution >= 0.6 is 12.2 Å². The Morgan fingerprint density at radius 1 is 1.32 bits per heavy atom. The normalized spacial score (nSPS) is 10.2. The third-order valence-electron chi connectivity index (χ3n) is 2.93. The predicted octanol–water partition coefficient (Wildman–Crippen LogP) is 2.44. The summed E-state index contributed by atoms with van der Waals surface area (Å²) in [5.74, 6) is 0.854. The maximum atomic E-state index is 5.65. The molecule has 0 radical (unpaired) electrons. The SMILES string of the molecule is CCc1cc(N(C)c2cccc(C(N)=S)c2)ncn1. The number of anilines is 2. The molecule has 0 aliphatic heterocycles. The molecule has 0 unspecified atom stereocenters. The fourth-order valence-corrected chi connectivity index (χ4v) is 1.89. The first-order valence-electron chi connectivity index (χ1n) is 6.06. The Bertz CT molecular complexity index is 598. The number of hydrogen-bond donors (Lipinski definition) is 1. The molecule has 0 spiro atoms. The van der Waals surface area contributed by atoms with Crippen molar-refractivity contribution in [3.05, 3.63) is 47.9 Å². The van der Waals surface area contributed by atoms with Gasteiger partial charge in [0.05, 0.1) is 0 Å². The van der Waals surface area contributed by atoms with Crippen molar-refractivity contribution in [2.45, 2.75) is 13.3 Å². The van der Waals surface area contributed by atoms with Gasteiger partial charge in [-0.2, -0.15) is 0 Å². The van der Waals surface area contributed by atoms with Crippen molar-refractivity contribution in [2.75, 3.05) is 11.9 Å². The van der Waals surface area contributed by atoms with Gasteiger partial charge in [-0.25, -0.2) is 9.97 Å². The maximum absolute atomic E-state index is 5.65. The molecule has 0 aliphatic rings. The van der Waals surface area contributed by atoms with Crippen LogP contribution < -0.4 is 10.6 Å². The van der Waals surface area contributed by atoms with Crippen molar-refractivity contribution in [2.24, 2.45) is 5.73 Å². The van der Waals surface area contributed by atoms with Crippen LogP contribution in [0.4, 0.5) is 11.5 Å². The maximum Gasteiger partial charge on any atom is 0.136 e. The summed E-state index contributed by atoms with van der Waals surface area (Å²) >= 11 is 5.00. The molecule has 2 N–H and O–H groups in total. The molecule has 5 heteroatoms. The lowest BCUT2D eigenvalue weighted by atomic mass is 10.2. The largest absolute Gasteiger partial charge is 0.389 e. The van der Waals surface area contributed by atoms with E-state index in [0.29, 0.717) is 4.99 Å². The summed E-state index contributed by atoms with van der Waals surface area (Å²) in [4.78, 5) is 10.9. The summed E-state index contributed by atoms with van der Waals surface area (Å²) in [6.07, 6.45) is 2.47. The number of rotatable bonds is 4. The number of aryl methyl sites for hydroxylation is 1. The van der Waals surface area contributed by atoms with Crippen LogP contribution in [0, 0.1) is 0 Å². The summed E-state index contributed by atoms with van der Waals surface area (Å²) in [6, 6.07) is 9.76. The van der Waals surface area contributed by atoms with Crippen molar-refractivity contribution in [1.82, 2.24) is 9.97 Å². The second-order valence-electron chi connectivity index (χ2n) is 4.19. The summed E-state index contributed by atoms with van der Waals surface area (Å²) in [5, 5.41) is 0. The van der Waals surface area contributed by atoms with Crippen LogP contribution in [0.25, 0.3) is 0 Å². The van der Waals surface area contributed by atoms with Crippen molar-refractivity contribution in [3.63, 3.8) is 0 Å². The third-order valence-corrected chi connectivity index (χ3v) is 3.17. The molecular weight excluding hydrogens is 256 g/mol. The average molecular weight is 272 g/mol. The lowest BCUT2D eigenvalue weighted by Crippen LogP contribution is -2.14. The highest BCUT2D eigenvalue weighted by Gasteiger charge is 2.07. The van der Waals surface area contributed by atoms with Crippen LogP contribution in [0.1, 0.15) is 18.2 Å². The molecule has 98 valence electrons. The Labute approximate surface area is 118 Å². The number of nitrogens with two attached hydrogens (primary N) is 1. The predicted molar refractivity (Wildman–Crippen MR) is 81.8 cm³/mol. The van der Waals surface area contributed by atoms with Gasteiger partial charge in [-0.3, -0.25) is 0 Å². The van der Waals surface area contributed by atoms with Crippen molar-refractivity contribution in [1.29, 1.82) is 0 Å². The molecule has 1 aromatic carbocycles. The molecule has 2 rings (SSSR count). The lowest BCUT2D eigenvalue weighted by Gasteiger charge is -2.19.